The maximum atomic E-state index is 12.6. The summed E-state index contributed by atoms with van der Waals surface area (Å²) in [6.45, 7) is 2.29. The highest BCUT2D eigenvalue weighted by molar-refractivity contribution is 7.89. The lowest BCUT2D eigenvalue weighted by atomic mass is 10.2. The van der Waals surface area contributed by atoms with Gasteiger partial charge < -0.3 is 0 Å². The van der Waals surface area contributed by atoms with Gasteiger partial charge >= 0.3 is 6.18 Å². The van der Waals surface area contributed by atoms with Crippen LogP contribution in [0.2, 0.25) is 0 Å². The van der Waals surface area contributed by atoms with Gasteiger partial charge in [-0.1, -0.05) is 6.07 Å². The molecule has 0 N–H and O–H groups in total. The maximum absolute atomic E-state index is 12.6. The predicted molar refractivity (Wildman–Crippen MR) is 89.7 cm³/mol. The van der Waals surface area contributed by atoms with Crippen LogP contribution >= 0.6 is 0 Å². The van der Waals surface area contributed by atoms with Crippen molar-refractivity contribution in [1.82, 2.24) is 14.2 Å². The molecular formula is C17H18F3N3O2S. The summed E-state index contributed by atoms with van der Waals surface area (Å²) in [7, 11) is -3.80. The number of piperazine rings is 1. The summed E-state index contributed by atoms with van der Waals surface area (Å²) in [5.41, 5.74) is 0.0446. The number of nitrogens with zero attached hydrogens (tertiary/aromatic N) is 3. The molecule has 1 fully saturated rings. The molecule has 1 aromatic heterocycles. The van der Waals surface area contributed by atoms with Crippen LogP contribution in [0, 0.1) is 0 Å². The number of hydrogen-bond acceptors (Lipinski definition) is 4. The Morgan fingerprint density at radius 3 is 2.15 bits per heavy atom. The Balaban J connectivity index is 1.64. The van der Waals surface area contributed by atoms with Gasteiger partial charge in [-0.25, -0.2) is 8.42 Å². The Labute approximate surface area is 150 Å². The van der Waals surface area contributed by atoms with Crippen LogP contribution < -0.4 is 0 Å². The monoisotopic (exact) mass is 385 g/mol. The third-order valence-corrected chi connectivity index (χ3v) is 6.18. The van der Waals surface area contributed by atoms with Crippen molar-refractivity contribution in [3.63, 3.8) is 0 Å². The molecule has 0 radical (unpaired) electrons. The van der Waals surface area contributed by atoms with Gasteiger partial charge in [0.05, 0.1) is 16.2 Å². The van der Waals surface area contributed by atoms with E-state index in [4.69, 9.17) is 0 Å². The molecule has 1 aliphatic rings. The molecule has 0 unspecified atom stereocenters. The largest absolute Gasteiger partial charge is 0.416 e. The fraction of sp³-hybridized carbons (Fsp3) is 0.353. The van der Waals surface area contributed by atoms with Crippen molar-refractivity contribution in [2.24, 2.45) is 0 Å². The number of pyridine rings is 1. The molecule has 0 aliphatic carbocycles. The van der Waals surface area contributed by atoms with E-state index in [1.807, 2.05) is 18.2 Å². The number of hydrogen-bond donors (Lipinski definition) is 0. The highest BCUT2D eigenvalue weighted by Crippen LogP contribution is 2.30. The van der Waals surface area contributed by atoms with Crippen LogP contribution in [0.1, 0.15) is 11.3 Å². The van der Waals surface area contributed by atoms with E-state index in [9.17, 15) is 21.6 Å². The minimum Gasteiger partial charge on any atom is -0.295 e. The molecule has 0 saturated carbocycles. The lowest BCUT2D eigenvalue weighted by Crippen LogP contribution is -2.48. The molecule has 0 bridgehead atoms. The zero-order valence-electron chi connectivity index (χ0n) is 13.9. The van der Waals surface area contributed by atoms with Crippen LogP contribution in [-0.2, 0) is 22.7 Å². The van der Waals surface area contributed by atoms with Crippen molar-refractivity contribution >= 4 is 10.0 Å². The first-order valence-electron chi connectivity index (χ1n) is 8.06. The molecule has 3 rings (SSSR count). The second-order valence-corrected chi connectivity index (χ2v) is 7.96. The lowest BCUT2D eigenvalue weighted by molar-refractivity contribution is -0.137. The second-order valence-electron chi connectivity index (χ2n) is 6.02. The Kier molecular flexibility index (Phi) is 5.31. The molecule has 26 heavy (non-hydrogen) atoms. The zero-order chi connectivity index (χ0) is 18.8. The molecule has 9 heteroatoms. The smallest absolute Gasteiger partial charge is 0.295 e. The van der Waals surface area contributed by atoms with Crippen molar-refractivity contribution in [1.29, 1.82) is 0 Å². The molecule has 0 atom stereocenters. The van der Waals surface area contributed by atoms with E-state index in [2.05, 4.69) is 9.88 Å². The SMILES string of the molecule is O=S(=O)(c1ccc(C(F)(F)F)cc1)N1CCN(Cc2ccccn2)CC1. The average molecular weight is 385 g/mol. The molecule has 1 aromatic carbocycles. The van der Waals surface area contributed by atoms with Gasteiger partial charge in [0.1, 0.15) is 0 Å². The molecule has 0 spiro atoms. The summed E-state index contributed by atoms with van der Waals surface area (Å²) in [5, 5.41) is 0. The first-order valence-corrected chi connectivity index (χ1v) is 9.50. The Bertz CT molecular complexity index is 832. The number of benzene rings is 1. The number of rotatable bonds is 4. The Morgan fingerprint density at radius 2 is 1.62 bits per heavy atom. The molecule has 2 heterocycles. The number of sulfonamides is 1. The van der Waals surface area contributed by atoms with Gasteiger partial charge in [-0.05, 0) is 36.4 Å². The van der Waals surface area contributed by atoms with Gasteiger partial charge in [0.15, 0.2) is 0 Å². The highest BCUT2D eigenvalue weighted by atomic mass is 32.2. The number of aromatic nitrogens is 1. The predicted octanol–water partition coefficient (Wildman–Crippen LogP) is 2.61. The normalized spacial score (nSPS) is 17.3. The van der Waals surface area contributed by atoms with Gasteiger partial charge in [-0.3, -0.25) is 9.88 Å². The first-order chi connectivity index (χ1) is 12.3. The quantitative estimate of drug-likeness (QED) is 0.812. The van der Waals surface area contributed by atoms with Gasteiger partial charge in [-0.15, -0.1) is 0 Å². The van der Waals surface area contributed by atoms with Crippen molar-refractivity contribution < 1.29 is 21.6 Å². The standard InChI is InChI=1S/C17H18F3N3O2S/c18-17(19,20)14-4-6-16(7-5-14)26(24,25)23-11-9-22(10-12-23)13-15-3-1-2-8-21-15/h1-8H,9-13H2. The van der Waals surface area contributed by atoms with E-state index < -0.39 is 21.8 Å². The molecule has 2 aromatic rings. The fourth-order valence-electron chi connectivity index (χ4n) is 2.81. The minimum absolute atomic E-state index is 0.122. The minimum atomic E-state index is -4.49. The van der Waals surface area contributed by atoms with Gasteiger partial charge in [-0.2, -0.15) is 17.5 Å². The zero-order valence-corrected chi connectivity index (χ0v) is 14.7. The molecule has 0 amide bonds. The maximum Gasteiger partial charge on any atom is 0.416 e. The van der Waals surface area contributed by atoms with E-state index in [1.54, 1.807) is 6.20 Å². The molecule has 140 valence electrons. The van der Waals surface area contributed by atoms with Gasteiger partial charge in [0.25, 0.3) is 0 Å². The third-order valence-electron chi connectivity index (χ3n) is 4.26. The highest BCUT2D eigenvalue weighted by Gasteiger charge is 2.32. The average Bonchev–Trinajstić information content (AvgIpc) is 2.62. The van der Waals surface area contributed by atoms with E-state index in [-0.39, 0.29) is 18.0 Å². The summed E-state index contributed by atoms with van der Waals surface area (Å²) in [6.07, 6.45) is -2.78. The summed E-state index contributed by atoms with van der Waals surface area (Å²) in [5.74, 6) is 0. The molecular weight excluding hydrogens is 367 g/mol. The molecule has 1 aliphatic heterocycles. The van der Waals surface area contributed by atoms with Crippen LogP contribution in [-0.4, -0.2) is 48.8 Å². The summed E-state index contributed by atoms with van der Waals surface area (Å²) in [6, 6.07) is 9.25. The van der Waals surface area contributed by atoms with Crippen LogP contribution in [0.4, 0.5) is 13.2 Å². The van der Waals surface area contributed by atoms with Crippen LogP contribution in [0.25, 0.3) is 0 Å². The van der Waals surface area contributed by atoms with Crippen molar-refractivity contribution in [3.8, 4) is 0 Å². The van der Waals surface area contributed by atoms with Gasteiger partial charge in [0, 0.05) is 38.9 Å². The summed E-state index contributed by atoms with van der Waals surface area (Å²) >= 11 is 0. The van der Waals surface area contributed by atoms with Gasteiger partial charge in [0.2, 0.25) is 10.0 Å². The Hall–Kier alpha value is -1.97. The number of alkyl halides is 3. The first kappa shape index (κ1) is 18.8. The topological polar surface area (TPSA) is 53.5 Å². The second kappa shape index (κ2) is 7.34. The van der Waals surface area contributed by atoms with Crippen LogP contribution in [0.5, 0.6) is 0 Å². The van der Waals surface area contributed by atoms with E-state index in [0.29, 0.717) is 19.6 Å². The van der Waals surface area contributed by atoms with Crippen molar-refractivity contribution in [2.45, 2.75) is 17.6 Å². The van der Waals surface area contributed by atoms with E-state index in [0.717, 1.165) is 30.0 Å². The van der Waals surface area contributed by atoms with Crippen molar-refractivity contribution in [3.05, 3.63) is 59.9 Å². The Morgan fingerprint density at radius 1 is 0.962 bits per heavy atom. The van der Waals surface area contributed by atoms with Crippen LogP contribution in [0.3, 0.4) is 0 Å². The summed E-state index contributed by atoms with van der Waals surface area (Å²) in [4.78, 5) is 6.23. The number of halogens is 3. The van der Waals surface area contributed by atoms with Crippen molar-refractivity contribution in [2.75, 3.05) is 26.2 Å². The van der Waals surface area contributed by atoms with E-state index >= 15 is 0 Å². The summed E-state index contributed by atoms with van der Waals surface area (Å²) < 4.78 is 64.4. The lowest BCUT2D eigenvalue weighted by Gasteiger charge is -2.33. The molecule has 5 nitrogen and oxygen atoms in total. The van der Waals surface area contributed by atoms with Crippen LogP contribution in [0.15, 0.2) is 53.6 Å². The van der Waals surface area contributed by atoms with E-state index in [1.165, 1.54) is 4.31 Å². The fourth-order valence-corrected chi connectivity index (χ4v) is 4.24. The third kappa shape index (κ3) is 4.22. The molecule has 1 saturated heterocycles.